The standard InChI is InChI=1S/C21H26ClN3O3/c1-13(2)9-17(11-26)24-20(27)18-10-23-21(28-12-14-3-4-14)19(25-18)15-5-7-16(22)8-6-15/h5-8,10,13-14,17,26H,3-4,9,11-12H2,1-2H3,(H,24,27)/t17-/m1/s1. The van der Waals surface area contributed by atoms with E-state index in [0.29, 0.717) is 41.5 Å². The number of aliphatic hydroxyl groups excluding tert-OH is 1. The molecule has 2 aromatic rings. The maximum atomic E-state index is 12.6. The van der Waals surface area contributed by atoms with Gasteiger partial charge in [-0.2, -0.15) is 0 Å². The minimum Gasteiger partial charge on any atom is -0.476 e. The Morgan fingerprint density at radius 2 is 2.04 bits per heavy atom. The Morgan fingerprint density at radius 1 is 1.32 bits per heavy atom. The number of nitrogens with zero attached hydrogens (tertiary/aromatic N) is 2. The lowest BCUT2D eigenvalue weighted by Crippen LogP contribution is -2.38. The number of carbonyl (C=O) groups is 1. The van der Waals surface area contributed by atoms with Crippen LogP contribution in [0.15, 0.2) is 30.5 Å². The highest BCUT2D eigenvalue weighted by Crippen LogP contribution is 2.32. The smallest absolute Gasteiger partial charge is 0.271 e. The van der Waals surface area contributed by atoms with Gasteiger partial charge in [0.05, 0.1) is 25.5 Å². The molecular weight excluding hydrogens is 378 g/mol. The average molecular weight is 404 g/mol. The Bertz CT molecular complexity index is 807. The van der Waals surface area contributed by atoms with E-state index in [0.717, 1.165) is 5.56 Å². The van der Waals surface area contributed by atoms with Crippen molar-refractivity contribution in [3.8, 4) is 17.1 Å². The van der Waals surface area contributed by atoms with Gasteiger partial charge < -0.3 is 15.2 Å². The normalized spacial score (nSPS) is 14.8. The van der Waals surface area contributed by atoms with Crippen molar-refractivity contribution in [2.24, 2.45) is 11.8 Å². The molecule has 28 heavy (non-hydrogen) atoms. The summed E-state index contributed by atoms with van der Waals surface area (Å²) in [6.45, 7) is 4.56. The van der Waals surface area contributed by atoms with Crippen molar-refractivity contribution in [2.45, 2.75) is 39.2 Å². The predicted octanol–water partition coefficient (Wildman–Crippen LogP) is 3.72. The fourth-order valence-electron chi connectivity index (χ4n) is 2.88. The average Bonchev–Trinajstić information content (AvgIpc) is 3.50. The van der Waals surface area contributed by atoms with Crippen LogP contribution in [-0.2, 0) is 0 Å². The molecule has 0 spiro atoms. The summed E-state index contributed by atoms with van der Waals surface area (Å²) in [5.41, 5.74) is 1.47. The lowest BCUT2D eigenvalue weighted by atomic mass is 10.0. The molecule has 0 aliphatic heterocycles. The van der Waals surface area contributed by atoms with E-state index in [1.54, 1.807) is 12.1 Å². The number of halogens is 1. The van der Waals surface area contributed by atoms with Gasteiger partial charge in [-0.15, -0.1) is 0 Å². The summed E-state index contributed by atoms with van der Waals surface area (Å²) < 4.78 is 5.86. The lowest BCUT2D eigenvalue weighted by Gasteiger charge is -2.18. The summed E-state index contributed by atoms with van der Waals surface area (Å²) in [6.07, 6.45) is 4.44. The van der Waals surface area contributed by atoms with Crippen molar-refractivity contribution < 1.29 is 14.6 Å². The third kappa shape index (κ3) is 5.66. The molecule has 1 fully saturated rings. The van der Waals surface area contributed by atoms with E-state index in [-0.39, 0.29) is 24.2 Å². The third-order valence-electron chi connectivity index (χ3n) is 4.55. The van der Waals surface area contributed by atoms with Gasteiger partial charge >= 0.3 is 0 Å². The van der Waals surface area contributed by atoms with E-state index in [9.17, 15) is 9.90 Å². The van der Waals surface area contributed by atoms with Gasteiger partial charge in [0.15, 0.2) is 0 Å². The number of aromatic nitrogens is 2. The van der Waals surface area contributed by atoms with Crippen LogP contribution in [0.1, 0.15) is 43.6 Å². The van der Waals surface area contributed by atoms with Crippen molar-refractivity contribution >= 4 is 17.5 Å². The number of nitrogens with one attached hydrogen (secondary N) is 1. The second-order valence-electron chi connectivity index (χ2n) is 7.65. The molecule has 6 nitrogen and oxygen atoms in total. The monoisotopic (exact) mass is 403 g/mol. The summed E-state index contributed by atoms with van der Waals surface area (Å²) in [6, 6.07) is 6.86. The van der Waals surface area contributed by atoms with Crippen molar-refractivity contribution in [2.75, 3.05) is 13.2 Å². The van der Waals surface area contributed by atoms with Crippen molar-refractivity contribution in [1.82, 2.24) is 15.3 Å². The summed E-state index contributed by atoms with van der Waals surface area (Å²) in [4.78, 5) is 21.5. The van der Waals surface area contributed by atoms with E-state index in [4.69, 9.17) is 16.3 Å². The van der Waals surface area contributed by atoms with Gasteiger partial charge in [0.2, 0.25) is 5.88 Å². The maximum Gasteiger partial charge on any atom is 0.271 e. The second kappa shape index (κ2) is 9.34. The fraction of sp³-hybridized carbons (Fsp3) is 0.476. The first kappa shape index (κ1) is 20.6. The molecule has 150 valence electrons. The summed E-state index contributed by atoms with van der Waals surface area (Å²) in [5.74, 6) is 0.971. The molecule has 7 heteroatoms. The predicted molar refractivity (Wildman–Crippen MR) is 108 cm³/mol. The highest BCUT2D eigenvalue weighted by molar-refractivity contribution is 6.30. The number of benzene rings is 1. The molecule has 1 aromatic carbocycles. The summed E-state index contributed by atoms with van der Waals surface area (Å²) in [5, 5.41) is 13.0. The Labute approximate surface area is 170 Å². The molecule has 1 atom stereocenters. The molecular formula is C21H26ClN3O3. The Morgan fingerprint density at radius 3 is 2.64 bits per heavy atom. The highest BCUT2D eigenvalue weighted by Gasteiger charge is 2.24. The first-order valence-electron chi connectivity index (χ1n) is 9.63. The molecule has 2 N–H and O–H groups in total. The molecule has 0 unspecified atom stereocenters. The topological polar surface area (TPSA) is 84.3 Å². The Kier molecular flexibility index (Phi) is 6.86. The van der Waals surface area contributed by atoms with Gasteiger partial charge in [0.1, 0.15) is 11.4 Å². The molecule has 3 rings (SSSR count). The van der Waals surface area contributed by atoms with Gasteiger partial charge in [-0.05, 0) is 43.2 Å². The molecule has 1 saturated carbocycles. The number of aliphatic hydroxyl groups is 1. The molecule has 0 bridgehead atoms. The number of hydrogen-bond donors (Lipinski definition) is 2. The Hall–Kier alpha value is -2.18. The van der Waals surface area contributed by atoms with Gasteiger partial charge in [-0.1, -0.05) is 37.6 Å². The highest BCUT2D eigenvalue weighted by atomic mass is 35.5. The number of hydrogen-bond acceptors (Lipinski definition) is 5. The van der Waals surface area contributed by atoms with Crippen LogP contribution in [0.4, 0.5) is 0 Å². The molecule has 0 saturated heterocycles. The largest absolute Gasteiger partial charge is 0.476 e. The van der Waals surface area contributed by atoms with E-state index >= 15 is 0 Å². The molecule has 1 aliphatic rings. The minimum absolute atomic E-state index is 0.121. The van der Waals surface area contributed by atoms with E-state index in [1.807, 2.05) is 26.0 Å². The zero-order chi connectivity index (χ0) is 20.1. The van der Waals surface area contributed by atoms with E-state index in [2.05, 4.69) is 15.3 Å². The number of ether oxygens (including phenoxy) is 1. The van der Waals surface area contributed by atoms with Crippen LogP contribution in [0.5, 0.6) is 5.88 Å². The van der Waals surface area contributed by atoms with E-state index in [1.165, 1.54) is 19.0 Å². The zero-order valence-electron chi connectivity index (χ0n) is 16.2. The summed E-state index contributed by atoms with van der Waals surface area (Å²) in [7, 11) is 0. The van der Waals surface area contributed by atoms with Crippen molar-refractivity contribution in [3.63, 3.8) is 0 Å². The van der Waals surface area contributed by atoms with Crippen molar-refractivity contribution in [3.05, 3.63) is 41.2 Å². The first-order valence-corrected chi connectivity index (χ1v) is 10.0. The molecule has 1 aromatic heterocycles. The van der Waals surface area contributed by atoms with Crippen molar-refractivity contribution in [1.29, 1.82) is 0 Å². The van der Waals surface area contributed by atoms with Gasteiger partial charge in [0.25, 0.3) is 5.91 Å². The molecule has 1 aliphatic carbocycles. The van der Waals surface area contributed by atoms with Crippen LogP contribution in [0.2, 0.25) is 5.02 Å². The minimum atomic E-state index is -0.365. The number of rotatable bonds is 9. The third-order valence-corrected chi connectivity index (χ3v) is 4.81. The van der Waals surface area contributed by atoms with Crippen LogP contribution in [0.3, 0.4) is 0 Å². The quantitative estimate of drug-likeness (QED) is 0.666. The van der Waals surface area contributed by atoms with Crippen LogP contribution in [-0.4, -0.2) is 40.2 Å². The van der Waals surface area contributed by atoms with E-state index < -0.39 is 0 Å². The van der Waals surface area contributed by atoms with Crippen LogP contribution in [0.25, 0.3) is 11.3 Å². The Balaban J connectivity index is 1.84. The zero-order valence-corrected chi connectivity index (χ0v) is 16.9. The molecule has 1 amide bonds. The van der Waals surface area contributed by atoms with Gasteiger partial charge in [-0.3, -0.25) is 4.79 Å². The second-order valence-corrected chi connectivity index (χ2v) is 8.09. The van der Waals surface area contributed by atoms with Crippen LogP contribution < -0.4 is 10.1 Å². The maximum absolute atomic E-state index is 12.6. The fourth-order valence-corrected chi connectivity index (χ4v) is 3.00. The van der Waals surface area contributed by atoms with Crippen LogP contribution in [0, 0.1) is 11.8 Å². The lowest BCUT2D eigenvalue weighted by molar-refractivity contribution is 0.0903. The molecule has 0 radical (unpaired) electrons. The first-order chi connectivity index (χ1) is 13.5. The van der Waals surface area contributed by atoms with Crippen LogP contribution >= 0.6 is 11.6 Å². The SMILES string of the molecule is CC(C)C[C@H](CO)NC(=O)c1cnc(OCC2CC2)c(-c2ccc(Cl)cc2)n1. The number of carbonyl (C=O) groups excluding carboxylic acids is 1. The van der Waals surface area contributed by atoms with Gasteiger partial charge in [-0.25, -0.2) is 9.97 Å². The van der Waals surface area contributed by atoms with Gasteiger partial charge in [0, 0.05) is 10.6 Å². The molecule has 1 heterocycles. The summed E-state index contributed by atoms with van der Waals surface area (Å²) >= 11 is 5.99. The number of amides is 1.